The fourth-order valence-corrected chi connectivity index (χ4v) is 4.34. The molecule has 0 atom stereocenters. The van der Waals surface area contributed by atoms with Gasteiger partial charge < -0.3 is 13.7 Å². The minimum absolute atomic E-state index is 0.0270. The summed E-state index contributed by atoms with van der Waals surface area (Å²) in [4.78, 5) is 0.0270. The summed E-state index contributed by atoms with van der Waals surface area (Å²) in [6.45, 7) is 3.96. The molecule has 0 aliphatic carbocycles. The molecule has 2 aromatic carbocycles. The Kier molecular flexibility index (Phi) is 8.70. The van der Waals surface area contributed by atoms with Crippen LogP contribution in [0.4, 0.5) is 0 Å². The highest BCUT2D eigenvalue weighted by Gasteiger charge is 2.18. The summed E-state index contributed by atoms with van der Waals surface area (Å²) in [5.41, 5.74) is 3.34. The molecule has 0 spiro atoms. The lowest BCUT2D eigenvalue weighted by atomic mass is 10.00. The summed E-state index contributed by atoms with van der Waals surface area (Å²) >= 11 is 0. The summed E-state index contributed by atoms with van der Waals surface area (Å²) in [7, 11) is -3.17. The maximum Gasteiger partial charge on any atom is 0.306 e. The van der Waals surface area contributed by atoms with Gasteiger partial charge in [0.1, 0.15) is 22.1 Å². The maximum atomic E-state index is 12.2. The van der Waals surface area contributed by atoms with Gasteiger partial charge in [-0.3, -0.25) is 0 Å². The van der Waals surface area contributed by atoms with Crippen molar-refractivity contribution in [3.63, 3.8) is 0 Å². The molecule has 180 valence electrons. The van der Waals surface area contributed by atoms with Gasteiger partial charge in [0.15, 0.2) is 0 Å². The fourth-order valence-electron chi connectivity index (χ4n) is 3.02. The topological polar surface area (TPSA) is 108 Å². The third kappa shape index (κ3) is 7.34. The maximum absolute atomic E-state index is 12.2. The first-order valence-electron chi connectivity index (χ1n) is 9.93. The zero-order valence-electron chi connectivity index (χ0n) is 19.5. The van der Waals surface area contributed by atoms with Crippen molar-refractivity contribution in [3.05, 3.63) is 58.7 Å². The Hall–Kier alpha value is -2.82. The van der Waals surface area contributed by atoms with E-state index in [0.717, 1.165) is 17.4 Å². The average Bonchev–Trinajstić information content (AvgIpc) is 2.74. The highest BCUT2D eigenvalue weighted by molar-refractivity contribution is 7.89. The predicted molar refractivity (Wildman–Crippen MR) is 130 cm³/mol. The van der Waals surface area contributed by atoms with E-state index >= 15 is 0 Å². The van der Waals surface area contributed by atoms with Crippen molar-refractivity contribution in [2.24, 2.45) is 0 Å². The molecule has 2 rings (SSSR count). The van der Waals surface area contributed by atoms with E-state index in [1.807, 2.05) is 19.9 Å². The molecule has 0 amide bonds. The largest absolute Gasteiger partial charge is 0.496 e. The van der Waals surface area contributed by atoms with Crippen LogP contribution in [-0.4, -0.2) is 44.4 Å². The van der Waals surface area contributed by atoms with E-state index in [-0.39, 0.29) is 16.4 Å². The van der Waals surface area contributed by atoms with Crippen LogP contribution >= 0.6 is 0 Å². The number of sulfonamides is 1. The molecule has 10 heteroatoms. The second-order valence-electron chi connectivity index (χ2n) is 7.42. The van der Waals surface area contributed by atoms with Crippen LogP contribution in [0.1, 0.15) is 30.5 Å². The van der Waals surface area contributed by atoms with Crippen LogP contribution in [0.5, 0.6) is 17.2 Å². The Labute approximate surface area is 196 Å². The van der Waals surface area contributed by atoms with Crippen molar-refractivity contribution < 1.29 is 30.5 Å². The summed E-state index contributed by atoms with van der Waals surface area (Å²) < 4.78 is 65.7. The molecular weight excluding hydrogens is 466 g/mol. The van der Waals surface area contributed by atoms with Crippen LogP contribution < -0.4 is 18.4 Å². The number of hydrogen-bond acceptors (Lipinski definition) is 7. The average molecular weight is 496 g/mol. The first-order valence-corrected chi connectivity index (χ1v) is 13.2. The minimum atomic E-state index is -3.73. The van der Waals surface area contributed by atoms with Crippen LogP contribution in [0.15, 0.2) is 46.9 Å². The highest BCUT2D eigenvalue weighted by atomic mass is 32.2. The van der Waals surface area contributed by atoms with Crippen molar-refractivity contribution in [2.45, 2.75) is 25.2 Å². The molecule has 1 N–H and O–H groups in total. The number of allylic oxidation sites excluding steroid dienone is 2. The molecule has 0 unspecified atom stereocenters. The zero-order valence-corrected chi connectivity index (χ0v) is 21.1. The molecule has 0 aliphatic rings. The molecule has 33 heavy (non-hydrogen) atoms. The number of benzene rings is 2. The lowest BCUT2D eigenvalue weighted by Gasteiger charge is -2.14. The molecule has 0 bridgehead atoms. The normalized spacial score (nSPS) is 11.9. The van der Waals surface area contributed by atoms with Gasteiger partial charge in [-0.15, -0.1) is 0 Å². The van der Waals surface area contributed by atoms with Crippen LogP contribution in [0.2, 0.25) is 0 Å². The van der Waals surface area contributed by atoms with Gasteiger partial charge in [0.2, 0.25) is 10.0 Å². The lowest BCUT2D eigenvalue weighted by Crippen LogP contribution is -2.19. The molecule has 0 aromatic heterocycles. The monoisotopic (exact) mass is 495 g/mol. The van der Waals surface area contributed by atoms with Gasteiger partial charge in [-0.1, -0.05) is 29.9 Å². The molecule has 0 saturated heterocycles. The van der Waals surface area contributed by atoms with Gasteiger partial charge in [-0.25, -0.2) is 13.1 Å². The van der Waals surface area contributed by atoms with E-state index in [9.17, 15) is 16.8 Å². The smallest absolute Gasteiger partial charge is 0.306 e. The summed E-state index contributed by atoms with van der Waals surface area (Å²) in [5.74, 6) is 0.812. The van der Waals surface area contributed by atoms with Crippen molar-refractivity contribution in [2.75, 3.05) is 27.5 Å². The Balaban J connectivity index is 2.59. The van der Waals surface area contributed by atoms with Crippen LogP contribution in [0.3, 0.4) is 0 Å². The second-order valence-corrected chi connectivity index (χ2v) is 10.8. The Morgan fingerprint density at radius 2 is 1.64 bits per heavy atom. The number of methoxy groups -OCH3 is 2. The third-order valence-corrected chi connectivity index (χ3v) is 6.55. The highest BCUT2D eigenvalue weighted by Crippen LogP contribution is 2.32. The first kappa shape index (κ1) is 26.4. The third-order valence-electron chi connectivity index (χ3n) is 4.60. The molecule has 0 fully saturated rings. The van der Waals surface area contributed by atoms with Gasteiger partial charge in [0.05, 0.1) is 20.5 Å². The minimum Gasteiger partial charge on any atom is -0.496 e. The summed E-state index contributed by atoms with van der Waals surface area (Å²) in [5, 5.41) is 0. The standard InChI is InChI=1S/C23H29NO7S2/c1-16(2)7-11-20-18(14-19(15-21(20)29-4)31-32(6,25)26)10-8-17-9-12-23(22(13-17)30-5)33(27,28)24-3/h7-10,12-15,24H,11H2,1-6H3/b10-8+. The SMILES string of the molecule is CNS(=O)(=O)c1ccc(/C=C/c2cc(OS(C)(=O)=O)cc(OC)c2CC=C(C)C)cc1OC. The summed E-state index contributed by atoms with van der Waals surface area (Å²) in [6.07, 6.45) is 7.12. The van der Waals surface area contributed by atoms with Crippen LogP contribution in [0, 0.1) is 0 Å². The number of hydrogen-bond donors (Lipinski definition) is 1. The van der Waals surface area contributed by atoms with E-state index in [2.05, 4.69) is 4.72 Å². The molecular formula is C23H29NO7S2. The van der Waals surface area contributed by atoms with Crippen LogP contribution in [0.25, 0.3) is 12.2 Å². The van der Waals surface area contributed by atoms with Crippen molar-refractivity contribution in [3.8, 4) is 17.2 Å². The Morgan fingerprint density at radius 3 is 2.18 bits per heavy atom. The first-order chi connectivity index (χ1) is 15.4. The van der Waals surface area contributed by atoms with Gasteiger partial charge in [0.25, 0.3) is 0 Å². The van der Waals surface area contributed by atoms with E-state index in [4.69, 9.17) is 13.7 Å². The number of nitrogens with one attached hydrogen (secondary N) is 1. The van der Waals surface area contributed by atoms with Crippen LogP contribution in [-0.2, 0) is 26.6 Å². The number of ether oxygens (including phenoxy) is 2. The molecule has 0 aliphatic heterocycles. The second kappa shape index (κ2) is 10.9. The zero-order chi connectivity index (χ0) is 24.8. The number of rotatable bonds is 10. The fraction of sp³-hybridized carbons (Fsp3) is 0.304. The lowest BCUT2D eigenvalue weighted by molar-refractivity contribution is 0.402. The molecule has 0 radical (unpaired) electrons. The van der Waals surface area contributed by atoms with Gasteiger partial charge in [0, 0.05) is 11.6 Å². The van der Waals surface area contributed by atoms with Gasteiger partial charge in [-0.2, -0.15) is 8.42 Å². The van der Waals surface area contributed by atoms with E-state index < -0.39 is 20.1 Å². The Morgan fingerprint density at radius 1 is 0.970 bits per heavy atom. The molecule has 8 nitrogen and oxygen atoms in total. The Bertz CT molecular complexity index is 1270. The van der Waals surface area contributed by atoms with Gasteiger partial charge in [-0.05, 0) is 56.6 Å². The van der Waals surface area contributed by atoms with Crippen molar-refractivity contribution in [1.82, 2.24) is 4.72 Å². The van der Waals surface area contributed by atoms with E-state index in [1.165, 1.54) is 33.4 Å². The predicted octanol–water partition coefficient (Wildman–Crippen LogP) is 3.63. The van der Waals surface area contributed by atoms with Crippen molar-refractivity contribution >= 4 is 32.3 Å². The molecule has 0 heterocycles. The van der Waals surface area contributed by atoms with Gasteiger partial charge >= 0.3 is 10.1 Å². The van der Waals surface area contributed by atoms with Crippen molar-refractivity contribution in [1.29, 1.82) is 0 Å². The summed E-state index contributed by atoms with van der Waals surface area (Å²) in [6, 6.07) is 7.86. The van der Waals surface area contributed by atoms with E-state index in [0.29, 0.717) is 23.3 Å². The molecule has 0 saturated carbocycles. The van der Waals surface area contributed by atoms with E-state index in [1.54, 1.807) is 30.4 Å². The quantitative estimate of drug-likeness (QED) is 0.305. The molecule has 2 aromatic rings.